The Bertz CT molecular complexity index is 1160. The summed E-state index contributed by atoms with van der Waals surface area (Å²) in [5.74, 6) is -0.176. The van der Waals surface area contributed by atoms with Crippen molar-refractivity contribution in [2.45, 2.75) is 43.7 Å². The van der Waals surface area contributed by atoms with E-state index in [1.165, 1.54) is 0 Å². The van der Waals surface area contributed by atoms with Gasteiger partial charge in [-0.3, -0.25) is 4.79 Å². The number of piperidine rings is 1. The maximum Gasteiger partial charge on any atom is 0.317 e. The second-order valence-electron chi connectivity index (χ2n) is 10.0. The van der Waals surface area contributed by atoms with Crippen LogP contribution in [0.4, 0.5) is 4.79 Å². The van der Waals surface area contributed by atoms with Crippen molar-refractivity contribution in [1.29, 1.82) is 0 Å². The third-order valence-electron chi connectivity index (χ3n) is 7.96. The summed E-state index contributed by atoms with van der Waals surface area (Å²) >= 11 is 12.6. The van der Waals surface area contributed by atoms with Crippen LogP contribution in [0.25, 0.3) is 0 Å². The Balaban J connectivity index is 0.00000320. The lowest BCUT2D eigenvalue weighted by atomic mass is 9.84. The summed E-state index contributed by atoms with van der Waals surface area (Å²) in [5, 5.41) is 14.4. The summed E-state index contributed by atoms with van der Waals surface area (Å²) in [7, 11) is 1.80. The van der Waals surface area contributed by atoms with E-state index in [4.69, 9.17) is 23.2 Å². The minimum Gasteiger partial charge on any atom is -0.507 e. The molecule has 3 aliphatic heterocycles. The molecule has 3 aliphatic rings. The number of benzene rings is 2. The number of phenols is 1. The lowest BCUT2D eigenvalue weighted by molar-refractivity contribution is 0.0738. The fourth-order valence-electron chi connectivity index (χ4n) is 6.06. The van der Waals surface area contributed by atoms with Gasteiger partial charge in [0, 0.05) is 45.2 Å². The number of aromatic hydroxyl groups is 1. The number of amides is 3. The van der Waals surface area contributed by atoms with E-state index < -0.39 is 0 Å². The molecule has 0 bridgehead atoms. The molecule has 200 valence electrons. The molecule has 0 aliphatic carbocycles. The quantitative estimate of drug-likeness (QED) is 0.497. The molecule has 0 spiro atoms. The average molecular weight is 568 g/mol. The Labute approximate surface area is 234 Å². The third-order valence-corrected chi connectivity index (χ3v) is 8.70. The van der Waals surface area contributed by atoms with E-state index in [2.05, 4.69) is 10.2 Å². The average Bonchev–Trinajstić information content (AvgIpc) is 3.13. The van der Waals surface area contributed by atoms with E-state index in [9.17, 15) is 14.7 Å². The Morgan fingerprint density at radius 1 is 1.08 bits per heavy atom. The van der Waals surface area contributed by atoms with Gasteiger partial charge in [0.15, 0.2) is 0 Å². The van der Waals surface area contributed by atoms with E-state index >= 15 is 0 Å². The number of nitrogens with zero attached hydrogens (tertiary/aromatic N) is 3. The first-order valence-corrected chi connectivity index (χ1v) is 13.4. The number of urea groups is 1. The first kappa shape index (κ1) is 27.8. The summed E-state index contributed by atoms with van der Waals surface area (Å²) in [4.78, 5) is 31.5. The highest BCUT2D eigenvalue weighted by Gasteiger charge is 2.41. The molecule has 0 saturated carbocycles. The molecule has 3 amide bonds. The van der Waals surface area contributed by atoms with E-state index in [1.54, 1.807) is 24.1 Å². The Morgan fingerprint density at radius 3 is 2.54 bits per heavy atom. The second-order valence-corrected chi connectivity index (χ2v) is 10.8. The van der Waals surface area contributed by atoms with Crippen LogP contribution in [0.3, 0.4) is 0 Å². The van der Waals surface area contributed by atoms with Gasteiger partial charge in [0.05, 0.1) is 21.7 Å². The van der Waals surface area contributed by atoms with Gasteiger partial charge < -0.3 is 25.1 Å². The number of fused-ring (bicyclic) bond motifs is 1. The van der Waals surface area contributed by atoms with Crippen LogP contribution in [0.5, 0.6) is 5.75 Å². The van der Waals surface area contributed by atoms with Gasteiger partial charge in [-0.25, -0.2) is 4.79 Å². The van der Waals surface area contributed by atoms with Crippen LogP contribution < -0.4 is 5.32 Å². The molecule has 0 radical (unpaired) electrons. The Hall–Kier alpha value is -2.19. The molecule has 37 heavy (non-hydrogen) atoms. The van der Waals surface area contributed by atoms with E-state index in [1.807, 2.05) is 29.2 Å². The van der Waals surface area contributed by atoms with Gasteiger partial charge in [-0.1, -0.05) is 41.4 Å². The number of hydrogen-bond acceptors (Lipinski definition) is 4. The predicted octanol–water partition coefficient (Wildman–Crippen LogP) is 5.30. The van der Waals surface area contributed by atoms with Crippen molar-refractivity contribution in [3.8, 4) is 5.75 Å². The number of carbonyl (C=O) groups is 2. The van der Waals surface area contributed by atoms with Crippen LogP contribution in [0.15, 0.2) is 36.4 Å². The highest BCUT2D eigenvalue weighted by molar-refractivity contribution is 6.42. The van der Waals surface area contributed by atoms with Gasteiger partial charge in [0.25, 0.3) is 5.91 Å². The highest BCUT2D eigenvalue weighted by atomic mass is 35.5. The molecule has 10 heteroatoms. The molecule has 2 aromatic rings. The van der Waals surface area contributed by atoms with Crippen LogP contribution in [-0.4, -0.2) is 77.6 Å². The minimum absolute atomic E-state index is 0. The molecule has 7 nitrogen and oxygen atoms in total. The van der Waals surface area contributed by atoms with Crippen LogP contribution in [0.2, 0.25) is 10.0 Å². The molecule has 2 N–H and O–H groups in total. The van der Waals surface area contributed by atoms with Crippen LogP contribution >= 0.6 is 35.6 Å². The summed E-state index contributed by atoms with van der Waals surface area (Å²) < 4.78 is 0. The number of likely N-dealkylation sites (N-methyl/N-ethyl adjacent to an activating group) is 1. The molecule has 2 aromatic carbocycles. The fourth-order valence-corrected chi connectivity index (χ4v) is 6.36. The molecule has 5 rings (SSSR count). The predicted molar refractivity (Wildman–Crippen MR) is 148 cm³/mol. The minimum atomic E-state index is -0.216. The number of halogens is 3. The monoisotopic (exact) mass is 566 g/mol. The largest absolute Gasteiger partial charge is 0.507 e. The Morgan fingerprint density at radius 2 is 1.84 bits per heavy atom. The third kappa shape index (κ3) is 5.51. The number of phenolic OH excluding ortho intramolecular Hbond substituents is 1. The SMILES string of the molecule is CN1C(=O)c2c(O)cccc2C1C(CCN1CCC(N2CCCNC2=O)CC1)c1ccc(Cl)c(Cl)c1.Cl. The van der Waals surface area contributed by atoms with Gasteiger partial charge in [-0.2, -0.15) is 0 Å². The van der Waals surface area contributed by atoms with Crippen molar-refractivity contribution in [2.24, 2.45) is 0 Å². The normalized spacial score (nSPS) is 21.4. The van der Waals surface area contributed by atoms with E-state index in [0.717, 1.165) is 69.5 Å². The number of likely N-dealkylation sites (tertiary alicyclic amines) is 1. The summed E-state index contributed by atoms with van der Waals surface area (Å²) in [6.45, 7) is 4.32. The highest BCUT2D eigenvalue weighted by Crippen LogP contribution is 2.47. The maximum atomic E-state index is 13.1. The summed E-state index contributed by atoms with van der Waals surface area (Å²) in [5.41, 5.74) is 2.24. The standard InChI is InChI=1S/C27H32Cl2N4O3.ClH/c1-31-25(20-4-2-5-23(34)24(20)26(31)35)19(17-6-7-21(28)22(29)16-17)10-15-32-13-8-18(9-14-32)33-12-3-11-30-27(33)36;/h2,4-7,16,18-19,25,34H,3,8-15H2,1H3,(H,30,36);1H. The first-order chi connectivity index (χ1) is 17.3. The van der Waals surface area contributed by atoms with E-state index in [-0.39, 0.29) is 42.1 Å². The van der Waals surface area contributed by atoms with Crippen molar-refractivity contribution in [3.63, 3.8) is 0 Å². The van der Waals surface area contributed by atoms with Gasteiger partial charge in [-0.15, -0.1) is 12.4 Å². The van der Waals surface area contributed by atoms with Crippen molar-refractivity contribution in [1.82, 2.24) is 20.0 Å². The molecule has 2 saturated heterocycles. The van der Waals surface area contributed by atoms with E-state index in [0.29, 0.717) is 21.7 Å². The van der Waals surface area contributed by atoms with Gasteiger partial charge in [0.1, 0.15) is 5.75 Å². The molecular weight excluding hydrogens is 535 g/mol. The molecule has 0 aromatic heterocycles. The number of nitrogens with one attached hydrogen (secondary N) is 1. The van der Waals surface area contributed by atoms with Crippen molar-refractivity contribution in [3.05, 3.63) is 63.1 Å². The lowest BCUT2D eigenvalue weighted by Crippen LogP contribution is -2.54. The molecule has 3 heterocycles. The second kappa shape index (κ2) is 11.7. The Kier molecular flexibility index (Phi) is 8.79. The van der Waals surface area contributed by atoms with Gasteiger partial charge in [0.2, 0.25) is 0 Å². The summed E-state index contributed by atoms with van der Waals surface area (Å²) in [6, 6.07) is 11.1. The molecule has 2 unspecified atom stereocenters. The maximum absolute atomic E-state index is 13.1. The zero-order chi connectivity index (χ0) is 25.4. The summed E-state index contributed by atoms with van der Waals surface area (Å²) in [6.07, 6.45) is 3.74. The van der Waals surface area contributed by atoms with Crippen LogP contribution in [0, 0.1) is 0 Å². The fraction of sp³-hybridized carbons (Fsp3) is 0.481. The van der Waals surface area contributed by atoms with Crippen molar-refractivity contribution in [2.75, 3.05) is 39.8 Å². The van der Waals surface area contributed by atoms with Gasteiger partial charge >= 0.3 is 6.03 Å². The topological polar surface area (TPSA) is 76.1 Å². The molecule has 2 atom stereocenters. The smallest absolute Gasteiger partial charge is 0.317 e. The number of carbonyl (C=O) groups excluding carboxylic acids is 2. The van der Waals surface area contributed by atoms with Crippen LogP contribution in [-0.2, 0) is 0 Å². The van der Waals surface area contributed by atoms with Crippen molar-refractivity contribution >= 4 is 47.5 Å². The lowest BCUT2D eigenvalue weighted by Gasteiger charge is -2.40. The number of rotatable bonds is 6. The van der Waals surface area contributed by atoms with Gasteiger partial charge in [-0.05, 0) is 61.6 Å². The van der Waals surface area contributed by atoms with Crippen LogP contribution in [0.1, 0.15) is 59.1 Å². The van der Waals surface area contributed by atoms with Crippen molar-refractivity contribution < 1.29 is 14.7 Å². The molecular formula is C27H33Cl3N4O3. The first-order valence-electron chi connectivity index (χ1n) is 12.7. The zero-order valence-electron chi connectivity index (χ0n) is 20.8. The number of hydrogen-bond donors (Lipinski definition) is 2. The molecule has 2 fully saturated rings. The zero-order valence-corrected chi connectivity index (χ0v) is 23.2.